The lowest BCUT2D eigenvalue weighted by atomic mass is 9.91. The zero-order chi connectivity index (χ0) is 23.2. The van der Waals surface area contributed by atoms with Crippen molar-refractivity contribution in [3.8, 4) is 0 Å². The number of nitrogens with one attached hydrogen (secondary N) is 2. The number of hydrogen-bond acceptors (Lipinski definition) is 6. The second-order valence-electron chi connectivity index (χ2n) is 8.83. The van der Waals surface area contributed by atoms with Crippen molar-refractivity contribution in [3.05, 3.63) is 60.2 Å². The lowest BCUT2D eigenvalue weighted by molar-refractivity contribution is -0.122. The summed E-state index contributed by atoms with van der Waals surface area (Å²) >= 11 is 0. The van der Waals surface area contributed by atoms with Crippen LogP contribution in [0.5, 0.6) is 0 Å². The number of hydrogen-bond donors (Lipinski definition) is 2. The zero-order valence-corrected chi connectivity index (χ0v) is 19.3. The van der Waals surface area contributed by atoms with E-state index in [1.807, 2.05) is 61.5 Å². The van der Waals surface area contributed by atoms with Crippen molar-refractivity contribution < 1.29 is 9.59 Å². The Morgan fingerprint density at radius 2 is 1.55 bits per heavy atom. The van der Waals surface area contributed by atoms with E-state index in [-0.39, 0.29) is 36.6 Å². The molecule has 1 aromatic heterocycles. The minimum absolute atomic E-state index is 0.00568. The Morgan fingerprint density at radius 1 is 0.879 bits per heavy atom. The second kappa shape index (κ2) is 10.4. The number of anilines is 2. The van der Waals surface area contributed by atoms with Crippen LogP contribution in [-0.4, -0.2) is 47.8 Å². The molecule has 0 spiro atoms. The highest BCUT2D eigenvalue weighted by Gasteiger charge is 2.23. The van der Waals surface area contributed by atoms with Crippen LogP contribution in [0.1, 0.15) is 48.9 Å². The Hall–Kier alpha value is -3.48. The van der Waals surface area contributed by atoms with E-state index in [4.69, 9.17) is 9.97 Å². The summed E-state index contributed by atoms with van der Waals surface area (Å²) in [6, 6.07) is 17.6. The molecular formula is C26H31N5O2. The molecule has 1 aliphatic rings. The molecule has 0 aliphatic heterocycles. The first kappa shape index (κ1) is 22.7. The van der Waals surface area contributed by atoms with E-state index in [0.29, 0.717) is 11.5 Å². The monoisotopic (exact) mass is 445 g/mol. The number of carbonyl (C=O) groups is 2. The van der Waals surface area contributed by atoms with Crippen molar-refractivity contribution in [1.29, 1.82) is 0 Å². The third kappa shape index (κ3) is 5.86. The molecular weight excluding hydrogens is 414 g/mol. The summed E-state index contributed by atoms with van der Waals surface area (Å²) in [6.07, 6.45) is 4.11. The van der Waals surface area contributed by atoms with Gasteiger partial charge in [-0.15, -0.1) is 0 Å². The molecule has 3 aromatic rings. The lowest BCUT2D eigenvalue weighted by Gasteiger charge is -2.30. The molecule has 0 bridgehead atoms. The fourth-order valence-electron chi connectivity index (χ4n) is 4.33. The van der Waals surface area contributed by atoms with Gasteiger partial charge in [-0.25, -0.2) is 4.98 Å². The standard InChI is InChI=1S/C26H31N5O2/c1-31(2)25-21-10-6-7-11-22(21)29-26(30-25)28-20-14-12-19(13-15-20)27-24(33)17-16-23(32)18-8-4-3-5-9-18/h3-11,19-20H,12-17H2,1-2H3,(H,27,33)(H,28,29,30). The van der Waals surface area contributed by atoms with Crippen molar-refractivity contribution in [3.63, 3.8) is 0 Å². The third-order valence-electron chi connectivity index (χ3n) is 6.11. The van der Waals surface area contributed by atoms with Gasteiger partial charge in [-0.2, -0.15) is 4.98 Å². The van der Waals surface area contributed by atoms with Crippen molar-refractivity contribution in [2.24, 2.45) is 0 Å². The highest BCUT2D eigenvalue weighted by Crippen LogP contribution is 2.26. The summed E-state index contributed by atoms with van der Waals surface area (Å²) in [7, 11) is 3.97. The number of Topliss-reactive ketones (excluding diaryl/α,β-unsaturated/α-hetero) is 1. The molecule has 33 heavy (non-hydrogen) atoms. The Balaban J connectivity index is 1.26. The minimum Gasteiger partial charge on any atom is -0.362 e. The predicted molar refractivity (Wildman–Crippen MR) is 132 cm³/mol. The quantitative estimate of drug-likeness (QED) is 0.506. The first-order chi connectivity index (χ1) is 16.0. The van der Waals surface area contributed by atoms with Crippen LogP contribution in [-0.2, 0) is 4.79 Å². The van der Waals surface area contributed by atoms with Crippen LogP contribution in [0.15, 0.2) is 54.6 Å². The number of benzene rings is 2. The Labute approximate surface area is 194 Å². The van der Waals surface area contributed by atoms with Crippen LogP contribution in [0, 0.1) is 0 Å². The second-order valence-corrected chi connectivity index (χ2v) is 8.83. The number of amides is 1. The van der Waals surface area contributed by atoms with E-state index in [9.17, 15) is 9.59 Å². The molecule has 2 N–H and O–H groups in total. The highest BCUT2D eigenvalue weighted by molar-refractivity contribution is 5.97. The van der Waals surface area contributed by atoms with E-state index < -0.39 is 0 Å². The molecule has 0 saturated heterocycles. The molecule has 172 valence electrons. The molecule has 4 rings (SSSR count). The maximum Gasteiger partial charge on any atom is 0.225 e. The third-order valence-corrected chi connectivity index (χ3v) is 6.11. The molecule has 1 saturated carbocycles. The molecule has 2 aromatic carbocycles. The molecule has 1 aliphatic carbocycles. The minimum atomic E-state index is -0.0517. The molecule has 0 atom stereocenters. The van der Waals surface area contributed by atoms with Crippen LogP contribution in [0.4, 0.5) is 11.8 Å². The van der Waals surface area contributed by atoms with E-state index in [1.54, 1.807) is 12.1 Å². The van der Waals surface area contributed by atoms with Gasteiger partial charge in [0.05, 0.1) is 5.52 Å². The van der Waals surface area contributed by atoms with Gasteiger partial charge in [-0.3, -0.25) is 9.59 Å². The van der Waals surface area contributed by atoms with E-state index in [1.165, 1.54) is 0 Å². The van der Waals surface area contributed by atoms with Gasteiger partial charge in [0.2, 0.25) is 11.9 Å². The van der Waals surface area contributed by atoms with Crippen LogP contribution < -0.4 is 15.5 Å². The number of para-hydroxylation sites is 1. The number of carbonyl (C=O) groups excluding carboxylic acids is 2. The van der Waals surface area contributed by atoms with Crippen LogP contribution in [0.2, 0.25) is 0 Å². The Kier molecular flexibility index (Phi) is 7.17. The number of aromatic nitrogens is 2. The molecule has 1 heterocycles. The summed E-state index contributed by atoms with van der Waals surface area (Å²) in [5.74, 6) is 1.49. The SMILES string of the molecule is CN(C)c1nc(NC2CCC(NC(=O)CCC(=O)c3ccccc3)CC2)nc2ccccc12. The van der Waals surface area contributed by atoms with Gasteiger partial charge in [0.1, 0.15) is 5.82 Å². The van der Waals surface area contributed by atoms with Gasteiger partial charge in [-0.05, 0) is 37.8 Å². The fourth-order valence-corrected chi connectivity index (χ4v) is 4.33. The number of fused-ring (bicyclic) bond motifs is 1. The van der Waals surface area contributed by atoms with Gasteiger partial charge in [-0.1, -0.05) is 42.5 Å². The lowest BCUT2D eigenvalue weighted by Crippen LogP contribution is -2.40. The van der Waals surface area contributed by atoms with Crippen LogP contribution in [0.3, 0.4) is 0 Å². The Bertz CT molecular complexity index is 1110. The van der Waals surface area contributed by atoms with Gasteiger partial charge in [0, 0.05) is 50.0 Å². The van der Waals surface area contributed by atoms with Crippen molar-refractivity contribution in [2.45, 2.75) is 50.6 Å². The molecule has 1 fully saturated rings. The average Bonchev–Trinajstić information content (AvgIpc) is 2.83. The smallest absolute Gasteiger partial charge is 0.225 e. The van der Waals surface area contributed by atoms with Gasteiger partial charge in [0.25, 0.3) is 0 Å². The summed E-state index contributed by atoms with van der Waals surface area (Å²) < 4.78 is 0. The maximum absolute atomic E-state index is 12.3. The van der Waals surface area contributed by atoms with Crippen LogP contribution in [0.25, 0.3) is 10.9 Å². The topological polar surface area (TPSA) is 87.2 Å². The summed E-state index contributed by atoms with van der Waals surface area (Å²) in [5.41, 5.74) is 1.58. The summed E-state index contributed by atoms with van der Waals surface area (Å²) in [6.45, 7) is 0. The maximum atomic E-state index is 12.3. The first-order valence-corrected chi connectivity index (χ1v) is 11.6. The molecule has 7 heteroatoms. The van der Waals surface area contributed by atoms with E-state index in [0.717, 1.165) is 42.4 Å². The van der Waals surface area contributed by atoms with Gasteiger partial charge >= 0.3 is 0 Å². The largest absolute Gasteiger partial charge is 0.362 e. The average molecular weight is 446 g/mol. The van der Waals surface area contributed by atoms with Crippen molar-refractivity contribution in [2.75, 3.05) is 24.3 Å². The molecule has 7 nitrogen and oxygen atoms in total. The van der Waals surface area contributed by atoms with Crippen molar-refractivity contribution >= 4 is 34.4 Å². The molecule has 0 unspecified atom stereocenters. The van der Waals surface area contributed by atoms with Crippen LogP contribution >= 0.6 is 0 Å². The first-order valence-electron chi connectivity index (χ1n) is 11.6. The predicted octanol–water partition coefficient (Wildman–Crippen LogP) is 4.20. The van der Waals surface area contributed by atoms with Gasteiger partial charge < -0.3 is 15.5 Å². The highest BCUT2D eigenvalue weighted by atomic mass is 16.2. The summed E-state index contributed by atoms with van der Waals surface area (Å²) in [4.78, 5) is 36.0. The number of rotatable bonds is 8. The fraction of sp³-hybridized carbons (Fsp3) is 0.385. The Morgan fingerprint density at radius 3 is 2.27 bits per heavy atom. The van der Waals surface area contributed by atoms with E-state index >= 15 is 0 Å². The molecule has 0 radical (unpaired) electrons. The van der Waals surface area contributed by atoms with E-state index in [2.05, 4.69) is 10.6 Å². The number of ketones is 1. The van der Waals surface area contributed by atoms with Gasteiger partial charge in [0.15, 0.2) is 5.78 Å². The normalized spacial score (nSPS) is 18.0. The number of nitrogens with zero attached hydrogens (tertiary/aromatic N) is 3. The summed E-state index contributed by atoms with van der Waals surface area (Å²) in [5, 5.41) is 7.63. The molecule has 1 amide bonds. The van der Waals surface area contributed by atoms with Crippen molar-refractivity contribution in [1.82, 2.24) is 15.3 Å². The zero-order valence-electron chi connectivity index (χ0n) is 19.3.